The molecule has 0 fully saturated rings. The topological polar surface area (TPSA) is 24.9 Å². The van der Waals surface area contributed by atoms with Crippen LogP contribution < -0.4 is 0 Å². The Hall–Kier alpha value is 0.407. The van der Waals surface area contributed by atoms with E-state index in [1.54, 1.807) is 0 Å². The average Bonchev–Trinajstić information content (AvgIpc) is 2.55. The number of nitrogens with zero attached hydrogens (tertiary/aromatic N) is 2. The molecule has 0 aromatic carbocycles. The maximum absolute atomic E-state index is 6.47. The van der Waals surface area contributed by atoms with Crippen molar-refractivity contribution in [2.45, 2.75) is 64.0 Å². The molecule has 0 heterocycles. The van der Waals surface area contributed by atoms with Gasteiger partial charge in [-0.25, -0.2) is 0 Å². The molecule has 0 saturated carbocycles. The first kappa shape index (κ1) is 25.4. The normalized spacial score (nSPS) is 12.5. The highest BCUT2D eigenvalue weighted by Gasteiger charge is 2.36. The van der Waals surface area contributed by atoms with E-state index >= 15 is 0 Å². The van der Waals surface area contributed by atoms with Gasteiger partial charge in [-0.15, -0.1) is 0 Å². The number of likely N-dealkylation sites (N-methyl/N-ethyl adjacent to an activating group) is 2. The molecule has 0 atom stereocenters. The molecule has 152 valence electrons. The van der Waals surface area contributed by atoms with Crippen molar-refractivity contribution in [3.05, 3.63) is 0 Å². The molecule has 0 bridgehead atoms. The van der Waals surface area contributed by atoms with Crippen LogP contribution in [0, 0.1) is 0 Å². The summed E-state index contributed by atoms with van der Waals surface area (Å²) in [5.74, 6) is 0.916. The largest absolute Gasteiger partial charge is 0.393 e. The van der Waals surface area contributed by atoms with Gasteiger partial charge in [0, 0.05) is 26.3 Å². The third-order valence-electron chi connectivity index (χ3n) is 4.43. The van der Waals surface area contributed by atoms with Crippen molar-refractivity contribution in [1.29, 1.82) is 0 Å². The molecule has 0 aliphatic rings. The van der Waals surface area contributed by atoms with E-state index in [9.17, 15) is 0 Å². The molecule has 0 saturated heterocycles. The Labute approximate surface area is 164 Å². The lowest BCUT2D eigenvalue weighted by Crippen LogP contribution is -2.45. The van der Waals surface area contributed by atoms with E-state index < -0.39 is 8.56 Å². The van der Waals surface area contributed by atoms with E-state index in [0.29, 0.717) is 0 Å². The first-order valence-corrected chi connectivity index (χ1v) is 13.0. The zero-order valence-electron chi connectivity index (χ0n) is 17.6. The fraction of sp³-hybridized carbons (Fsp3) is 1.00. The molecule has 0 aromatic heterocycles. The number of hydrogen-bond acceptors (Lipinski definition) is 5. The van der Waals surface area contributed by atoms with Crippen molar-refractivity contribution in [3.8, 4) is 0 Å². The fourth-order valence-corrected chi connectivity index (χ4v) is 6.60. The van der Waals surface area contributed by atoms with Gasteiger partial charge in [0.2, 0.25) is 0 Å². The van der Waals surface area contributed by atoms with Gasteiger partial charge in [0.15, 0.2) is 0 Å². The molecule has 0 N–H and O–H groups in total. The number of hydrogen-bond donors (Lipinski definition) is 1. The zero-order chi connectivity index (χ0) is 19.0. The summed E-state index contributed by atoms with van der Waals surface area (Å²) in [7, 11) is 6.27. The molecule has 0 spiro atoms. The molecule has 0 aromatic rings. The Kier molecular flexibility index (Phi) is 16.8. The third-order valence-corrected chi connectivity index (χ3v) is 8.44. The number of unbranched alkanes of at least 4 members (excludes halogenated alkanes) is 5. The number of rotatable bonds is 18. The van der Waals surface area contributed by atoms with Gasteiger partial charge in [0.05, 0.1) is 0 Å². The van der Waals surface area contributed by atoms with Gasteiger partial charge in [-0.3, -0.25) is 0 Å². The summed E-state index contributed by atoms with van der Waals surface area (Å²) in [4.78, 5) is 4.37. The molecule has 0 amide bonds. The fourth-order valence-electron chi connectivity index (χ4n) is 2.81. The van der Waals surface area contributed by atoms with Crippen molar-refractivity contribution in [1.82, 2.24) is 9.80 Å². The highest BCUT2D eigenvalue weighted by Crippen LogP contribution is 2.25. The standard InChI is InChI=1S/C19H44N2O2SSi/c1-6-7-8-9-10-11-18-25(19-12-17-24,22-15-13-20(2)3)23-16-14-21(4)5/h24H,6-19H2,1-5H3. The minimum absolute atomic E-state index is 0.781. The summed E-state index contributed by atoms with van der Waals surface area (Å²) >= 11 is 4.42. The maximum Gasteiger partial charge on any atom is 0.338 e. The van der Waals surface area contributed by atoms with Crippen LogP contribution in [0.15, 0.2) is 0 Å². The van der Waals surface area contributed by atoms with Gasteiger partial charge in [0.25, 0.3) is 0 Å². The van der Waals surface area contributed by atoms with E-state index in [1.165, 1.54) is 38.5 Å². The Morgan fingerprint density at radius 3 is 1.68 bits per heavy atom. The predicted molar refractivity (Wildman–Crippen MR) is 116 cm³/mol. The SMILES string of the molecule is CCCCCCCC[Si](CCCS)(OCCN(C)C)OCCN(C)C. The molecule has 0 rings (SSSR count). The van der Waals surface area contributed by atoms with E-state index in [-0.39, 0.29) is 0 Å². The smallest absolute Gasteiger partial charge is 0.338 e. The zero-order valence-corrected chi connectivity index (χ0v) is 19.5. The summed E-state index contributed by atoms with van der Waals surface area (Å²) in [5.41, 5.74) is 0. The van der Waals surface area contributed by atoms with Gasteiger partial charge >= 0.3 is 8.56 Å². The highest BCUT2D eigenvalue weighted by molar-refractivity contribution is 7.80. The van der Waals surface area contributed by atoms with Gasteiger partial charge in [-0.05, 0) is 52.5 Å². The summed E-state index contributed by atoms with van der Waals surface area (Å²) in [6.45, 7) is 5.76. The minimum atomic E-state index is -2.12. The molecule has 0 unspecified atom stereocenters. The number of thiol groups is 1. The van der Waals surface area contributed by atoms with Crippen molar-refractivity contribution < 1.29 is 8.85 Å². The lowest BCUT2D eigenvalue weighted by Gasteiger charge is -2.32. The second-order valence-electron chi connectivity index (χ2n) is 7.56. The summed E-state index contributed by atoms with van der Waals surface area (Å²) in [6, 6.07) is 2.21. The van der Waals surface area contributed by atoms with Gasteiger partial charge in [-0.2, -0.15) is 12.6 Å². The molecule has 0 radical (unpaired) electrons. The lowest BCUT2D eigenvalue weighted by atomic mass is 10.1. The molecule has 6 heteroatoms. The summed E-state index contributed by atoms with van der Waals surface area (Å²) < 4.78 is 12.9. The molecule has 0 aliphatic heterocycles. The molecule has 25 heavy (non-hydrogen) atoms. The molecule has 4 nitrogen and oxygen atoms in total. The van der Waals surface area contributed by atoms with Crippen LogP contribution in [0.3, 0.4) is 0 Å². The Morgan fingerprint density at radius 1 is 0.720 bits per heavy atom. The Balaban J connectivity index is 4.59. The van der Waals surface area contributed by atoms with Gasteiger partial charge in [-0.1, -0.05) is 45.4 Å². The summed E-state index contributed by atoms with van der Waals surface area (Å²) in [6.07, 6.45) is 9.03. The van der Waals surface area contributed by atoms with Crippen LogP contribution in [-0.4, -0.2) is 78.6 Å². The molecule has 0 aliphatic carbocycles. The molecular weight excluding hydrogens is 348 g/mol. The van der Waals surface area contributed by atoms with Gasteiger partial charge < -0.3 is 18.7 Å². The summed E-state index contributed by atoms with van der Waals surface area (Å²) in [5, 5.41) is 0. The first-order valence-electron chi connectivity index (χ1n) is 10.1. The average molecular weight is 393 g/mol. The van der Waals surface area contributed by atoms with E-state index in [4.69, 9.17) is 8.85 Å². The lowest BCUT2D eigenvalue weighted by molar-refractivity contribution is 0.143. The van der Waals surface area contributed by atoms with Crippen molar-refractivity contribution in [2.24, 2.45) is 0 Å². The second-order valence-corrected chi connectivity index (χ2v) is 11.4. The molecular formula is C19H44N2O2SSi. The third kappa shape index (κ3) is 15.2. The minimum Gasteiger partial charge on any atom is -0.393 e. The van der Waals surface area contributed by atoms with Crippen LogP contribution in [0.4, 0.5) is 0 Å². The quantitative estimate of drug-likeness (QED) is 0.214. The van der Waals surface area contributed by atoms with Crippen LogP contribution in [0.5, 0.6) is 0 Å². The van der Waals surface area contributed by atoms with Crippen LogP contribution in [-0.2, 0) is 8.85 Å². The van der Waals surface area contributed by atoms with E-state index in [0.717, 1.165) is 50.6 Å². The Bertz CT molecular complexity index is 281. The van der Waals surface area contributed by atoms with Gasteiger partial charge in [0.1, 0.15) is 0 Å². The second kappa shape index (κ2) is 16.6. The predicted octanol–water partition coefficient (Wildman–Crippen LogP) is 4.27. The highest BCUT2D eigenvalue weighted by atomic mass is 32.1. The monoisotopic (exact) mass is 392 g/mol. The van der Waals surface area contributed by atoms with E-state index in [1.807, 2.05) is 0 Å². The van der Waals surface area contributed by atoms with Crippen molar-refractivity contribution in [3.63, 3.8) is 0 Å². The van der Waals surface area contributed by atoms with E-state index in [2.05, 4.69) is 57.5 Å². The van der Waals surface area contributed by atoms with Crippen LogP contribution in [0.2, 0.25) is 12.1 Å². The van der Waals surface area contributed by atoms with Crippen LogP contribution in [0.1, 0.15) is 51.9 Å². The van der Waals surface area contributed by atoms with Crippen LogP contribution >= 0.6 is 12.6 Å². The maximum atomic E-state index is 6.47. The van der Waals surface area contributed by atoms with Crippen LogP contribution in [0.25, 0.3) is 0 Å². The first-order chi connectivity index (χ1) is 12.0. The van der Waals surface area contributed by atoms with Crippen molar-refractivity contribution >= 4 is 21.2 Å². The Morgan fingerprint density at radius 2 is 1.20 bits per heavy atom. The van der Waals surface area contributed by atoms with Crippen molar-refractivity contribution in [2.75, 3.05) is 60.2 Å².